The van der Waals surface area contributed by atoms with Crippen molar-refractivity contribution in [3.63, 3.8) is 0 Å². The highest BCUT2D eigenvalue weighted by molar-refractivity contribution is 5.42. The highest BCUT2D eigenvalue weighted by atomic mass is 19.2. The van der Waals surface area contributed by atoms with Crippen LogP contribution in [0.5, 0.6) is 11.5 Å². The molecule has 2 aromatic rings. The van der Waals surface area contributed by atoms with E-state index in [1.807, 2.05) is 6.92 Å². The SMILES string of the molecule is CCCCCC1CCC(c2cc(OC)c(F)c(F)c2CCC)CC1.CCCCCC1CCC(c2cc(OC)c(F)c(F)c2CCCC)CC1. The van der Waals surface area contributed by atoms with E-state index in [1.54, 1.807) is 12.1 Å². The predicted molar refractivity (Wildman–Crippen MR) is 196 cm³/mol. The van der Waals surface area contributed by atoms with Gasteiger partial charge in [0.15, 0.2) is 23.1 Å². The van der Waals surface area contributed by atoms with Crippen LogP contribution in [0.1, 0.15) is 184 Å². The molecule has 2 aliphatic carbocycles. The summed E-state index contributed by atoms with van der Waals surface area (Å²) in [5.74, 6) is -0.627. The summed E-state index contributed by atoms with van der Waals surface area (Å²) in [7, 11) is 2.82. The standard InChI is InChI=1S/C22H34F2O.C21H32F2O/c1-4-6-8-9-16-11-13-17(14-12-16)19-15-20(25-3)22(24)21(23)18(19)10-7-5-2;1-4-6-7-9-15-10-12-16(13-11-15)18-14-19(24-3)21(23)20(22)17(18)8-5-2/h15-17H,4-14H2,1-3H3;14-16H,4-13H2,1-3H3. The van der Waals surface area contributed by atoms with Crippen LogP contribution in [0, 0.1) is 35.1 Å². The second-order valence-electron chi connectivity index (χ2n) is 14.8. The highest BCUT2D eigenvalue weighted by Crippen LogP contribution is 2.43. The van der Waals surface area contributed by atoms with E-state index in [0.29, 0.717) is 35.8 Å². The second kappa shape index (κ2) is 21.9. The molecule has 4 rings (SSSR count). The third-order valence-corrected chi connectivity index (χ3v) is 11.3. The number of benzene rings is 2. The Morgan fingerprint density at radius 3 is 1.22 bits per heavy atom. The number of unbranched alkanes of at least 4 members (excludes halogenated alkanes) is 5. The highest BCUT2D eigenvalue weighted by Gasteiger charge is 2.29. The summed E-state index contributed by atoms with van der Waals surface area (Å²) < 4.78 is 67.5. The zero-order chi connectivity index (χ0) is 35.8. The zero-order valence-electron chi connectivity index (χ0n) is 31.6. The van der Waals surface area contributed by atoms with E-state index < -0.39 is 23.3 Å². The van der Waals surface area contributed by atoms with Crippen molar-refractivity contribution in [2.45, 2.75) is 174 Å². The molecule has 0 aliphatic heterocycles. The first kappa shape index (κ1) is 41.2. The molecule has 0 unspecified atom stereocenters. The van der Waals surface area contributed by atoms with Crippen LogP contribution in [-0.2, 0) is 12.8 Å². The van der Waals surface area contributed by atoms with Crippen molar-refractivity contribution in [3.8, 4) is 11.5 Å². The number of methoxy groups -OCH3 is 2. The Kier molecular flexibility index (Phi) is 18.4. The van der Waals surface area contributed by atoms with Gasteiger partial charge in [0.25, 0.3) is 0 Å². The molecule has 2 aromatic carbocycles. The molecule has 0 atom stereocenters. The van der Waals surface area contributed by atoms with Crippen LogP contribution in [0.4, 0.5) is 17.6 Å². The lowest BCUT2D eigenvalue weighted by Crippen LogP contribution is -2.16. The fourth-order valence-electron chi connectivity index (χ4n) is 8.35. The largest absolute Gasteiger partial charge is 0.494 e. The lowest BCUT2D eigenvalue weighted by molar-refractivity contribution is 0.299. The average Bonchev–Trinajstić information content (AvgIpc) is 3.12. The van der Waals surface area contributed by atoms with E-state index in [0.717, 1.165) is 67.9 Å². The van der Waals surface area contributed by atoms with Crippen LogP contribution < -0.4 is 9.47 Å². The molecular formula is C43H66F4O2. The molecular weight excluding hydrogens is 624 g/mol. The monoisotopic (exact) mass is 690 g/mol. The molecule has 0 N–H and O–H groups in total. The van der Waals surface area contributed by atoms with E-state index in [4.69, 9.17) is 9.47 Å². The number of hydrogen-bond acceptors (Lipinski definition) is 2. The van der Waals surface area contributed by atoms with E-state index in [2.05, 4.69) is 20.8 Å². The van der Waals surface area contributed by atoms with Crippen LogP contribution in [0.3, 0.4) is 0 Å². The van der Waals surface area contributed by atoms with Crippen molar-refractivity contribution >= 4 is 0 Å². The van der Waals surface area contributed by atoms with Gasteiger partial charge in [-0.1, -0.05) is 91.9 Å². The molecule has 0 spiro atoms. The lowest BCUT2D eigenvalue weighted by atomic mass is 9.75. The van der Waals surface area contributed by atoms with Gasteiger partial charge in [0, 0.05) is 0 Å². The van der Waals surface area contributed by atoms with E-state index >= 15 is 0 Å². The van der Waals surface area contributed by atoms with E-state index in [9.17, 15) is 17.6 Å². The fourth-order valence-corrected chi connectivity index (χ4v) is 8.35. The lowest BCUT2D eigenvalue weighted by Gasteiger charge is -2.30. The molecule has 6 heteroatoms. The van der Waals surface area contributed by atoms with Gasteiger partial charge >= 0.3 is 0 Å². The van der Waals surface area contributed by atoms with Gasteiger partial charge in [-0.25, -0.2) is 8.78 Å². The topological polar surface area (TPSA) is 18.5 Å². The molecule has 2 fully saturated rings. The first-order valence-electron chi connectivity index (χ1n) is 19.8. The van der Waals surface area contributed by atoms with Gasteiger partial charge in [-0.3, -0.25) is 0 Å². The van der Waals surface area contributed by atoms with Gasteiger partial charge in [0.2, 0.25) is 11.6 Å². The van der Waals surface area contributed by atoms with Gasteiger partial charge in [0.05, 0.1) is 14.2 Å². The van der Waals surface area contributed by atoms with E-state index in [-0.39, 0.29) is 11.5 Å². The maximum absolute atomic E-state index is 14.6. The van der Waals surface area contributed by atoms with Crippen LogP contribution in [0.25, 0.3) is 0 Å². The van der Waals surface area contributed by atoms with Gasteiger partial charge in [-0.05, 0) is 129 Å². The number of halogens is 4. The second-order valence-corrected chi connectivity index (χ2v) is 14.8. The van der Waals surface area contributed by atoms with Gasteiger partial charge in [-0.2, -0.15) is 8.78 Å². The maximum atomic E-state index is 14.6. The van der Waals surface area contributed by atoms with Crippen LogP contribution >= 0.6 is 0 Å². The number of ether oxygens (including phenoxy) is 2. The molecule has 0 radical (unpaired) electrons. The Bertz CT molecular complexity index is 1250. The quantitative estimate of drug-likeness (QED) is 0.121. The molecule has 0 amide bonds. The Morgan fingerprint density at radius 1 is 0.490 bits per heavy atom. The minimum atomic E-state index is -0.835. The first-order chi connectivity index (χ1) is 23.7. The van der Waals surface area contributed by atoms with Crippen molar-refractivity contribution in [1.82, 2.24) is 0 Å². The summed E-state index contributed by atoms with van der Waals surface area (Å²) in [6.07, 6.45) is 23.6. The third-order valence-electron chi connectivity index (χ3n) is 11.3. The van der Waals surface area contributed by atoms with Crippen molar-refractivity contribution in [3.05, 3.63) is 57.7 Å². The third kappa shape index (κ3) is 11.6. The molecule has 0 heterocycles. The molecule has 0 aromatic heterocycles. The molecule has 49 heavy (non-hydrogen) atoms. The zero-order valence-corrected chi connectivity index (χ0v) is 31.6. The number of rotatable bonds is 17. The summed E-state index contributed by atoms with van der Waals surface area (Å²) in [6, 6.07) is 3.52. The Labute approximate surface area is 296 Å². The van der Waals surface area contributed by atoms with Crippen molar-refractivity contribution < 1.29 is 27.0 Å². The van der Waals surface area contributed by atoms with Crippen molar-refractivity contribution in [2.24, 2.45) is 11.8 Å². The molecule has 2 aliphatic rings. The summed E-state index contributed by atoms with van der Waals surface area (Å²) in [6.45, 7) is 8.57. The minimum absolute atomic E-state index is 0.0485. The smallest absolute Gasteiger partial charge is 0.200 e. The molecule has 278 valence electrons. The van der Waals surface area contributed by atoms with Gasteiger partial charge < -0.3 is 9.47 Å². The fraction of sp³-hybridized carbons (Fsp3) is 0.721. The van der Waals surface area contributed by atoms with E-state index in [1.165, 1.54) is 91.3 Å². The van der Waals surface area contributed by atoms with Crippen molar-refractivity contribution in [1.29, 1.82) is 0 Å². The molecule has 2 saturated carbocycles. The summed E-state index contributed by atoms with van der Waals surface area (Å²) in [5, 5.41) is 0. The summed E-state index contributed by atoms with van der Waals surface area (Å²) >= 11 is 0. The molecule has 2 nitrogen and oxygen atoms in total. The Morgan fingerprint density at radius 2 is 0.878 bits per heavy atom. The molecule has 0 saturated heterocycles. The van der Waals surface area contributed by atoms with Gasteiger partial charge in [0.1, 0.15) is 0 Å². The normalized spacial score (nSPS) is 20.9. The van der Waals surface area contributed by atoms with Crippen LogP contribution in [-0.4, -0.2) is 14.2 Å². The summed E-state index contributed by atoms with van der Waals surface area (Å²) in [5.41, 5.74) is 3.15. The Hall–Kier alpha value is -2.24. The molecule has 0 bridgehead atoms. The predicted octanol–water partition coefficient (Wildman–Crippen LogP) is 14.0. The Balaban J connectivity index is 0.000000266. The number of hydrogen-bond donors (Lipinski definition) is 0. The first-order valence-corrected chi connectivity index (χ1v) is 19.8. The van der Waals surface area contributed by atoms with Crippen LogP contribution in [0.15, 0.2) is 12.1 Å². The van der Waals surface area contributed by atoms with Gasteiger partial charge in [-0.15, -0.1) is 0 Å². The average molecular weight is 691 g/mol. The van der Waals surface area contributed by atoms with Crippen molar-refractivity contribution in [2.75, 3.05) is 14.2 Å². The maximum Gasteiger partial charge on any atom is 0.200 e. The summed E-state index contributed by atoms with van der Waals surface area (Å²) in [4.78, 5) is 0. The minimum Gasteiger partial charge on any atom is -0.494 e. The van der Waals surface area contributed by atoms with Crippen LogP contribution in [0.2, 0.25) is 0 Å².